The minimum atomic E-state index is -0.922. The second kappa shape index (κ2) is 8.58. The number of piperidine rings is 1. The third-order valence-electron chi connectivity index (χ3n) is 5.63. The molecule has 1 aromatic carbocycles. The minimum Gasteiger partial charge on any atom is -0.497 e. The van der Waals surface area contributed by atoms with Gasteiger partial charge in [-0.1, -0.05) is 0 Å². The molecule has 2 aromatic rings. The molecule has 1 aromatic heterocycles. The third-order valence-corrected chi connectivity index (χ3v) is 5.63. The molecule has 0 atom stereocenters. The van der Waals surface area contributed by atoms with E-state index in [4.69, 9.17) is 4.74 Å². The molecular formula is C21H24N6O4. The summed E-state index contributed by atoms with van der Waals surface area (Å²) in [6, 6.07) is 8.23. The third kappa shape index (κ3) is 4.27. The van der Waals surface area contributed by atoms with Crippen molar-refractivity contribution >= 4 is 29.5 Å². The number of hydrogen-bond acceptors (Lipinski definition) is 7. The summed E-state index contributed by atoms with van der Waals surface area (Å²) in [6.45, 7) is 1.14. The number of amides is 4. The van der Waals surface area contributed by atoms with Crippen LogP contribution < -0.4 is 20.3 Å². The van der Waals surface area contributed by atoms with E-state index < -0.39 is 11.6 Å². The zero-order valence-corrected chi connectivity index (χ0v) is 17.2. The van der Waals surface area contributed by atoms with Gasteiger partial charge in [0.25, 0.3) is 5.91 Å². The van der Waals surface area contributed by atoms with Gasteiger partial charge in [0.1, 0.15) is 11.3 Å². The van der Waals surface area contributed by atoms with Crippen LogP contribution in [0, 0.1) is 0 Å². The standard InChI is InChI=1S/C21H24N6O4/c1-31-16-5-3-15(4-6-16)24-17(28)7-12-27-18(29)21(25-20(27)30)8-13-26(14-9-21)19-22-10-2-11-23-19/h2-6,10-11H,7-9,12-14H2,1H3,(H,24,28)(H,25,30). The van der Waals surface area contributed by atoms with E-state index in [-0.39, 0.29) is 24.8 Å². The number of rotatable bonds is 6. The first-order valence-electron chi connectivity index (χ1n) is 10.1. The molecule has 10 heteroatoms. The first-order valence-corrected chi connectivity index (χ1v) is 10.1. The van der Waals surface area contributed by atoms with Crippen LogP contribution in [0.4, 0.5) is 16.4 Å². The Morgan fingerprint density at radius 3 is 2.48 bits per heavy atom. The van der Waals surface area contributed by atoms with Gasteiger partial charge >= 0.3 is 6.03 Å². The lowest BCUT2D eigenvalue weighted by Crippen LogP contribution is -2.55. The SMILES string of the molecule is COc1ccc(NC(=O)CCN2C(=O)NC3(CCN(c4ncccn4)CC3)C2=O)cc1. The average molecular weight is 424 g/mol. The van der Waals surface area contributed by atoms with Crippen molar-refractivity contribution in [2.24, 2.45) is 0 Å². The summed E-state index contributed by atoms with van der Waals surface area (Å²) in [4.78, 5) is 49.4. The first kappa shape index (κ1) is 20.6. The van der Waals surface area contributed by atoms with Crippen molar-refractivity contribution in [1.29, 1.82) is 0 Å². The van der Waals surface area contributed by atoms with Crippen molar-refractivity contribution < 1.29 is 19.1 Å². The average Bonchev–Trinajstić information content (AvgIpc) is 3.02. The summed E-state index contributed by atoms with van der Waals surface area (Å²) in [7, 11) is 1.57. The Labute approximate surface area is 179 Å². The molecule has 0 unspecified atom stereocenters. The lowest BCUT2D eigenvalue weighted by Gasteiger charge is -2.37. The van der Waals surface area contributed by atoms with E-state index in [0.717, 1.165) is 4.90 Å². The lowest BCUT2D eigenvalue weighted by molar-refractivity contribution is -0.132. The Balaban J connectivity index is 1.31. The summed E-state index contributed by atoms with van der Waals surface area (Å²) in [5, 5.41) is 5.61. The number of carbonyl (C=O) groups is 3. The normalized spacial score (nSPS) is 17.6. The van der Waals surface area contributed by atoms with Gasteiger partial charge < -0.3 is 20.3 Å². The van der Waals surface area contributed by atoms with Crippen molar-refractivity contribution in [3.05, 3.63) is 42.7 Å². The predicted molar refractivity (Wildman–Crippen MR) is 113 cm³/mol. The fraction of sp³-hybridized carbons (Fsp3) is 0.381. The Kier molecular flexibility index (Phi) is 5.70. The molecule has 2 aliphatic rings. The topological polar surface area (TPSA) is 117 Å². The molecule has 2 fully saturated rings. The van der Waals surface area contributed by atoms with Crippen molar-refractivity contribution in [3.63, 3.8) is 0 Å². The van der Waals surface area contributed by atoms with Gasteiger partial charge in [0, 0.05) is 44.1 Å². The van der Waals surface area contributed by atoms with Gasteiger partial charge in [-0.05, 0) is 43.2 Å². The fourth-order valence-corrected chi connectivity index (χ4v) is 3.87. The number of nitrogens with zero attached hydrogens (tertiary/aromatic N) is 4. The van der Waals surface area contributed by atoms with Gasteiger partial charge in [0.2, 0.25) is 11.9 Å². The van der Waals surface area contributed by atoms with Crippen LogP contribution in [-0.4, -0.2) is 65.0 Å². The Bertz CT molecular complexity index is 958. The van der Waals surface area contributed by atoms with Gasteiger partial charge in [-0.3, -0.25) is 14.5 Å². The van der Waals surface area contributed by atoms with Crippen LogP contribution in [0.15, 0.2) is 42.7 Å². The lowest BCUT2D eigenvalue weighted by atomic mass is 9.87. The van der Waals surface area contributed by atoms with Crippen LogP contribution >= 0.6 is 0 Å². The highest BCUT2D eigenvalue weighted by atomic mass is 16.5. The zero-order valence-electron chi connectivity index (χ0n) is 17.2. The van der Waals surface area contributed by atoms with Crippen molar-refractivity contribution in [2.75, 3.05) is 37.0 Å². The Morgan fingerprint density at radius 1 is 1.16 bits per heavy atom. The summed E-state index contributed by atoms with van der Waals surface area (Å²) in [5.41, 5.74) is -0.301. The maximum absolute atomic E-state index is 13.0. The highest BCUT2D eigenvalue weighted by molar-refractivity contribution is 6.07. The fourth-order valence-electron chi connectivity index (χ4n) is 3.87. The van der Waals surface area contributed by atoms with Gasteiger partial charge in [0.15, 0.2) is 0 Å². The number of anilines is 2. The van der Waals surface area contributed by atoms with Crippen LogP contribution in [0.2, 0.25) is 0 Å². The number of benzene rings is 1. The summed E-state index contributed by atoms with van der Waals surface area (Å²) in [5.74, 6) is 0.750. The van der Waals surface area contributed by atoms with Crippen molar-refractivity contribution in [2.45, 2.75) is 24.8 Å². The van der Waals surface area contributed by atoms with E-state index in [1.54, 1.807) is 49.8 Å². The van der Waals surface area contributed by atoms with Crippen LogP contribution in [0.25, 0.3) is 0 Å². The zero-order chi connectivity index (χ0) is 21.8. The molecule has 4 rings (SSSR count). The molecule has 10 nitrogen and oxygen atoms in total. The number of ether oxygens (including phenoxy) is 1. The van der Waals surface area contributed by atoms with E-state index in [2.05, 4.69) is 20.6 Å². The van der Waals surface area contributed by atoms with E-state index in [1.165, 1.54) is 0 Å². The molecule has 2 saturated heterocycles. The summed E-state index contributed by atoms with van der Waals surface area (Å²) in [6.07, 6.45) is 4.29. The molecule has 2 aliphatic heterocycles. The first-order chi connectivity index (χ1) is 15.0. The molecule has 0 aliphatic carbocycles. The van der Waals surface area contributed by atoms with E-state index >= 15 is 0 Å². The number of imide groups is 1. The molecule has 31 heavy (non-hydrogen) atoms. The number of urea groups is 1. The van der Waals surface area contributed by atoms with Gasteiger partial charge in [-0.25, -0.2) is 14.8 Å². The quantitative estimate of drug-likeness (QED) is 0.673. The number of nitrogens with one attached hydrogen (secondary N) is 2. The molecule has 0 radical (unpaired) electrons. The second-order valence-corrected chi connectivity index (χ2v) is 7.53. The van der Waals surface area contributed by atoms with E-state index in [9.17, 15) is 14.4 Å². The molecule has 4 amide bonds. The molecular weight excluding hydrogens is 400 g/mol. The highest BCUT2D eigenvalue weighted by Crippen LogP contribution is 2.30. The predicted octanol–water partition coefficient (Wildman–Crippen LogP) is 1.40. The molecule has 3 heterocycles. The maximum atomic E-state index is 13.0. The number of methoxy groups -OCH3 is 1. The van der Waals surface area contributed by atoms with Crippen LogP contribution in [0.5, 0.6) is 5.75 Å². The monoisotopic (exact) mass is 424 g/mol. The number of aromatic nitrogens is 2. The Morgan fingerprint density at radius 2 is 1.84 bits per heavy atom. The minimum absolute atomic E-state index is 0.0191. The number of hydrogen-bond donors (Lipinski definition) is 2. The summed E-state index contributed by atoms with van der Waals surface area (Å²) < 4.78 is 5.09. The van der Waals surface area contributed by atoms with E-state index in [1.807, 2.05) is 4.90 Å². The largest absolute Gasteiger partial charge is 0.497 e. The molecule has 0 saturated carbocycles. The van der Waals surface area contributed by atoms with Crippen LogP contribution in [-0.2, 0) is 9.59 Å². The van der Waals surface area contributed by atoms with Gasteiger partial charge in [0.05, 0.1) is 7.11 Å². The molecule has 162 valence electrons. The van der Waals surface area contributed by atoms with Gasteiger partial charge in [-0.15, -0.1) is 0 Å². The van der Waals surface area contributed by atoms with Crippen molar-refractivity contribution in [1.82, 2.24) is 20.2 Å². The van der Waals surface area contributed by atoms with Gasteiger partial charge in [-0.2, -0.15) is 0 Å². The van der Waals surface area contributed by atoms with Crippen molar-refractivity contribution in [3.8, 4) is 5.75 Å². The summed E-state index contributed by atoms with van der Waals surface area (Å²) >= 11 is 0. The van der Waals surface area contributed by atoms with Crippen LogP contribution in [0.3, 0.4) is 0 Å². The maximum Gasteiger partial charge on any atom is 0.325 e. The van der Waals surface area contributed by atoms with E-state index in [0.29, 0.717) is 43.3 Å². The Hall–Kier alpha value is -3.69. The second-order valence-electron chi connectivity index (χ2n) is 7.53. The molecule has 1 spiro atoms. The molecule has 0 bridgehead atoms. The van der Waals surface area contributed by atoms with Crippen LogP contribution in [0.1, 0.15) is 19.3 Å². The highest BCUT2D eigenvalue weighted by Gasteiger charge is 2.52. The smallest absolute Gasteiger partial charge is 0.325 e. The number of carbonyl (C=O) groups excluding carboxylic acids is 3. The molecule has 2 N–H and O–H groups in total.